The van der Waals surface area contributed by atoms with Crippen LogP contribution in [0.4, 0.5) is 0 Å². The molecule has 0 bridgehead atoms. The fourth-order valence-electron chi connectivity index (χ4n) is 1.71. The highest BCUT2D eigenvalue weighted by molar-refractivity contribution is 4.72. The molecule has 0 saturated carbocycles. The number of rotatable bonds is 6. The van der Waals surface area contributed by atoms with Gasteiger partial charge in [-0.1, -0.05) is 34.6 Å². The highest BCUT2D eigenvalue weighted by Crippen LogP contribution is 2.28. The van der Waals surface area contributed by atoms with E-state index in [4.69, 9.17) is 0 Å². The van der Waals surface area contributed by atoms with Crippen molar-refractivity contribution < 1.29 is 0 Å². The average molecular weight is 213 g/mol. The Balaban J connectivity index is 3.99. The van der Waals surface area contributed by atoms with Gasteiger partial charge in [-0.3, -0.25) is 0 Å². The van der Waals surface area contributed by atoms with Gasteiger partial charge < -0.3 is 4.90 Å². The predicted octanol–water partition coefficient (Wildman–Crippen LogP) is 4.18. The summed E-state index contributed by atoms with van der Waals surface area (Å²) in [6.45, 7) is 18.8. The molecule has 0 amide bonds. The third-order valence-corrected chi connectivity index (χ3v) is 3.57. The maximum Gasteiger partial charge on any atom is 0.00385 e. The van der Waals surface area contributed by atoms with E-state index < -0.39 is 0 Å². The quantitative estimate of drug-likeness (QED) is 0.640. The third-order valence-electron chi connectivity index (χ3n) is 3.57. The Labute approximate surface area is 97.2 Å². The van der Waals surface area contributed by atoms with E-state index >= 15 is 0 Å². The summed E-state index contributed by atoms with van der Waals surface area (Å²) in [6.07, 6.45) is 2.59. The molecule has 1 nitrogen and oxygen atoms in total. The molecule has 0 saturated heterocycles. The van der Waals surface area contributed by atoms with Crippen LogP contribution in [0.25, 0.3) is 0 Å². The van der Waals surface area contributed by atoms with Crippen molar-refractivity contribution in [1.82, 2.24) is 4.90 Å². The minimum absolute atomic E-state index is 0.453. The summed E-state index contributed by atoms with van der Waals surface area (Å²) in [5.41, 5.74) is 0.453. The van der Waals surface area contributed by atoms with Gasteiger partial charge in [0, 0.05) is 6.04 Å². The molecule has 15 heavy (non-hydrogen) atoms. The number of hydrogen-bond acceptors (Lipinski definition) is 1. The zero-order chi connectivity index (χ0) is 12.1. The van der Waals surface area contributed by atoms with Crippen LogP contribution in [0.1, 0.15) is 61.3 Å². The lowest BCUT2D eigenvalue weighted by atomic mass is 9.80. The van der Waals surface area contributed by atoms with E-state index in [1.165, 1.54) is 25.9 Å². The maximum absolute atomic E-state index is 2.60. The molecule has 92 valence electrons. The van der Waals surface area contributed by atoms with Gasteiger partial charge in [0.25, 0.3) is 0 Å². The molecule has 0 radical (unpaired) electrons. The summed E-state index contributed by atoms with van der Waals surface area (Å²) in [5.74, 6) is 0.801. The second-order valence-corrected chi connectivity index (χ2v) is 6.19. The summed E-state index contributed by atoms with van der Waals surface area (Å²) in [7, 11) is 0. The van der Waals surface area contributed by atoms with Gasteiger partial charge >= 0.3 is 0 Å². The maximum atomic E-state index is 2.60. The smallest absolute Gasteiger partial charge is 0.00385 e. The third kappa shape index (κ3) is 6.19. The highest BCUT2D eigenvalue weighted by atomic mass is 15.1. The lowest BCUT2D eigenvalue weighted by Gasteiger charge is -2.32. The fourth-order valence-corrected chi connectivity index (χ4v) is 1.71. The van der Waals surface area contributed by atoms with E-state index in [0.29, 0.717) is 11.5 Å². The van der Waals surface area contributed by atoms with E-state index in [0.717, 1.165) is 5.92 Å². The molecule has 0 rings (SSSR count). The second-order valence-electron chi connectivity index (χ2n) is 6.19. The van der Waals surface area contributed by atoms with Gasteiger partial charge in [-0.25, -0.2) is 0 Å². The highest BCUT2D eigenvalue weighted by Gasteiger charge is 2.20. The van der Waals surface area contributed by atoms with Gasteiger partial charge in [0.05, 0.1) is 0 Å². The van der Waals surface area contributed by atoms with Crippen LogP contribution >= 0.6 is 0 Å². The molecule has 0 aliphatic carbocycles. The van der Waals surface area contributed by atoms with Crippen LogP contribution < -0.4 is 0 Å². The molecule has 1 heteroatoms. The molecular weight excluding hydrogens is 182 g/mol. The Bertz CT molecular complexity index is 155. The molecule has 0 heterocycles. The van der Waals surface area contributed by atoms with Gasteiger partial charge in [0.15, 0.2) is 0 Å². The van der Waals surface area contributed by atoms with E-state index in [1.807, 2.05) is 0 Å². The zero-order valence-corrected chi connectivity index (χ0v) is 11.9. The van der Waals surface area contributed by atoms with Crippen molar-refractivity contribution in [3.8, 4) is 0 Å². The standard InChI is InChI=1S/C14H31N/c1-8-10-15(12(2)3)11-9-13(4)14(5,6)7/h12-13H,8-11H2,1-7H3. The molecule has 0 fully saturated rings. The summed E-state index contributed by atoms with van der Waals surface area (Å²) in [4.78, 5) is 2.60. The Morgan fingerprint density at radius 1 is 1.00 bits per heavy atom. The van der Waals surface area contributed by atoms with Crippen molar-refractivity contribution in [2.75, 3.05) is 13.1 Å². The van der Waals surface area contributed by atoms with Crippen LogP contribution in [0.3, 0.4) is 0 Å². The van der Waals surface area contributed by atoms with E-state index in [2.05, 4.69) is 53.4 Å². The molecular formula is C14H31N. The van der Waals surface area contributed by atoms with Crippen molar-refractivity contribution in [2.24, 2.45) is 11.3 Å². The molecule has 0 aromatic carbocycles. The van der Waals surface area contributed by atoms with E-state index in [1.54, 1.807) is 0 Å². The summed E-state index contributed by atoms with van der Waals surface area (Å²) >= 11 is 0. The van der Waals surface area contributed by atoms with Crippen molar-refractivity contribution >= 4 is 0 Å². The van der Waals surface area contributed by atoms with Crippen LogP contribution in [0.5, 0.6) is 0 Å². The van der Waals surface area contributed by atoms with Gasteiger partial charge in [-0.15, -0.1) is 0 Å². The fraction of sp³-hybridized carbons (Fsp3) is 1.00. The van der Waals surface area contributed by atoms with Gasteiger partial charge in [0.2, 0.25) is 0 Å². The minimum Gasteiger partial charge on any atom is -0.301 e. The molecule has 0 aliphatic heterocycles. The van der Waals surface area contributed by atoms with Crippen LogP contribution in [-0.4, -0.2) is 24.0 Å². The average Bonchev–Trinajstić information content (AvgIpc) is 2.09. The Hall–Kier alpha value is -0.0400. The first-order chi connectivity index (χ1) is 6.79. The van der Waals surface area contributed by atoms with Crippen molar-refractivity contribution in [3.63, 3.8) is 0 Å². The first kappa shape index (κ1) is 15.0. The zero-order valence-electron chi connectivity index (χ0n) is 11.9. The molecule has 1 atom stereocenters. The van der Waals surface area contributed by atoms with Crippen molar-refractivity contribution in [2.45, 2.75) is 67.3 Å². The predicted molar refractivity (Wildman–Crippen MR) is 70.2 cm³/mol. The van der Waals surface area contributed by atoms with Crippen LogP contribution in [0, 0.1) is 11.3 Å². The molecule has 0 aliphatic rings. The molecule has 0 aromatic heterocycles. The Kier molecular flexibility index (Phi) is 6.51. The summed E-state index contributed by atoms with van der Waals surface area (Å²) in [5, 5.41) is 0. The first-order valence-electron chi connectivity index (χ1n) is 6.53. The van der Waals surface area contributed by atoms with E-state index in [-0.39, 0.29) is 0 Å². The molecule has 0 N–H and O–H groups in total. The largest absolute Gasteiger partial charge is 0.301 e. The Morgan fingerprint density at radius 2 is 1.53 bits per heavy atom. The monoisotopic (exact) mass is 213 g/mol. The summed E-state index contributed by atoms with van der Waals surface area (Å²) in [6, 6.07) is 0.692. The van der Waals surface area contributed by atoms with E-state index in [9.17, 15) is 0 Å². The molecule has 1 unspecified atom stereocenters. The van der Waals surface area contributed by atoms with Crippen molar-refractivity contribution in [1.29, 1.82) is 0 Å². The van der Waals surface area contributed by atoms with Crippen LogP contribution in [-0.2, 0) is 0 Å². The van der Waals surface area contributed by atoms with Gasteiger partial charge in [0.1, 0.15) is 0 Å². The van der Waals surface area contributed by atoms with Gasteiger partial charge in [-0.05, 0) is 51.1 Å². The van der Waals surface area contributed by atoms with Gasteiger partial charge in [-0.2, -0.15) is 0 Å². The first-order valence-corrected chi connectivity index (χ1v) is 6.53. The topological polar surface area (TPSA) is 3.24 Å². The van der Waals surface area contributed by atoms with Crippen LogP contribution in [0.2, 0.25) is 0 Å². The lowest BCUT2D eigenvalue weighted by Crippen LogP contribution is -2.34. The lowest BCUT2D eigenvalue weighted by molar-refractivity contribution is 0.171. The molecule has 0 spiro atoms. The minimum atomic E-state index is 0.453. The van der Waals surface area contributed by atoms with Crippen molar-refractivity contribution in [3.05, 3.63) is 0 Å². The normalized spacial score (nSPS) is 15.0. The summed E-state index contributed by atoms with van der Waals surface area (Å²) < 4.78 is 0. The number of hydrogen-bond donors (Lipinski definition) is 0. The van der Waals surface area contributed by atoms with Crippen LogP contribution in [0.15, 0.2) is 0 Å². The second kappa shape index (κ2) is 6.52. The Morgan fingerprint density at radius 3 is 1.87 bits per heavy atom. The molecule has 0 aromatic rings. The number of nitrogens with zero attached hydrogens (tertiary/aromatic N) is 1. The SMILES string of the molecule is CCCN(CCC(C)C(C)(C)C)C(C)C.